The molecule has 0 aliphatic carbocycles. The minimum Gasteiger partial charge on any atom is -0.394 e. The second kappa shape index (κ2) is 12.9. The van der Waals surface area contributed by atoms with Gasteiger partial charge in [0, 0.05) is 12.3 Å². The third-order valence-electron chi connectivity index (χ3n) is 5.70. The number of nitrogens with one attached hydrogen (secondary N) is 2. The van der Waals surface area contributed by atoms with E-state index in [9.17, 15) is 58.8 Å². The number of aromatic amines is 1. The fourth-order valence-corrected chi connectivity index (χ4v) is 5.93. The number of carbonyl (C=O) groups is 1. The molecular weight excluding hydrogens is 594 g/mol. The lowest BCUT2D eigenvalue weighted by molar-refractivity contribution is -0.247. The zero-order chi connectivity index (χ0) is 30.0. The summed E-state index contributed by atoms with van der Waals surface area (Å²) in [6.07, 6.45) is -13.3. The average molecular weight is 622 g/mol. The smallest absolute Gasteiger partial charge is 0.394 e. The highest BCUT2D eigenvalue weighted by Crippen LogP contribution is 2.61. The van der Waals surface area contributed by atoms with Crippen molar-refractivity contribution in [2.75, 3.05) is 19.8 Å². The van der Waals surface area contributed by atoms with E-state index in [-0.39, 0.29) is 0 Å². The van der Waals surface area contributed by atoms with Gasteiger partial charge in [-0.15, -0.1) is 0 Å². The van der Waals surface area contributed by atoms with Crippen LogP contribution >= 0.6 is 15.6 Å². The third-order valence-corrected chi connectivity index (χ3v) is 8.30. The highest BCUT2D eigenvalue weighted by Gasteiger charge is 2.50. The van der Waals surface area contributed by atoms with Crippen LogP contribution in [0, 0.1) is 0 Å². The third kappa shape index (κ3) is 7.68. The molecule has 2 aliphatic rings. The van der Waals surface area contributed by atoms with Crippen LogP contribution in [0.5, 0.6) is 0 Å². The molecule has 2 saturated heterocycles. The van der Waals surface area contributed by atoms with Gasteiger partial charge in [0.2, 0.25) is 5.91 Å². The molecule has 1 amide bonds. The molecule has 21 nitrogen and oxygen atoms in total. The number of hydrogen-bond donors (Lipinski definition) is 10. The second-order valence-electron chi connectivity index (χ2n) is 8.49. The molecule has 0 spiro atoms. The van der Waals surface area contributed by atoms with Crippen molar-refractivity contribution in [2.24, 2.45) is 5.73 Å². The Morgan fingerprint density at radius 1 is 1.05 bits per heavy atom. The second-order valence-corrected chi connectivity index (χ2v) is 11.5. The number of rotatable bonds is 11. The number of H-pyrrole nitrogens is 1. The minimum atomic E-state index is -5.67. The Labute approximate surface area is 222 Å². The van der Waals surface area contributed by atoms with E-state index < -0.39 is 108 Å². The maximum absolute atomic E-state index is 12.5. The van der Waals surface area contributed by atoms with Crippen LogP contribution in [-0.4, -0.2) is 119 Å². The van der Waals surface area contributed by atoms with Crippen molar-refractivity contribution in [1.82, 2.24) is 14.9 Å². The van der Waals surface area contributed by atoms with Crippen molar-refractivity contribution in [2.45, 2.75) is 55.2 Å². The van der Waals surface area contributed by atoms with E-state index in [1.807, 2.05) is 4.98 Å². The largest absolute Gasteiger partial charge is 0.483 e. The van der Waals surface area contributed by atoms with Gasteiger partial charge in [0.1, 0.15) is 42.7 Å². The van der Waals surface area contributed by atoms with Gasteiger partial charge in [-0.1, -0.05) is 0 Å². The van der Waals surface area contributed by atoms with E-state index in [1.165, 1.54) is 0 Å². The average Bonchev–Trinajstić information content (AvgIpc) is 3.14. The number of ether oxygens (including phenoxy) is 2. The maximum Gasteiger partial charge on any atom is 0.483 e. The number of nitrogens with two attached hydrogens (primary N) is 1. The molecule has 1 aromatic heterocycles. The molecule has 0 bridgehead atoms. The molecular formula is C17H28N4O17P2. The first-order chi connectivity index (χ1) is 18.6. The number of phosphoric ester groups is 2. The first kappa shape index (κ1) is 32.6. The van der Waals surface area contributed by atoms with Gasteiger partial charge in [-0.2, -0.15) is 4.31 Å². The van der Waals surface area contributed by atoms with E-state index in [1.54, 1.807) is 0 Å². The molecule has 40 heavy (non-hydrogen) atoms. The van der Waals surface area contributed by atoms with Crippen LogP contribution in [0.25, 0.3) is 0 Å². The number of amides is 1. The Balaban J connectivity index is 1.66. The number of carbonyl (C=O) groups excluding carboxylic acids is 1. The summed E-state index contributed by atoms with van der Waals surface area (Å²) < 4.78 is 49.3. The van der Waals surface area contributed by atoms with E-state index in [0.717, 1.165) is 16.8 Å². The van der Waals surface area contributed by atoms with Crippen molar-refractivity contribution >= 4 is 21.6 Å². The first-order valence-corrected chi connectivity index (χ1v) is 14.2. The molecule has 228 valence electrons. The highest BCUT2D eigenvalue weighted by atomic mass is 31.3. The fourth-order valence-electron chi connectivity index (χ4n) is 3.77. The summed E-state index contributed by atoms with van der Waals surface area (Å²) in [4.78, 5) is 56.7. The summed E-state index contributed by atoms with van der Waals surface area (Å²) in [5.41, 5.74) is 3.40. The molecule has 2 aliphatic heterocycles. The van der Waals surface area contributed by atoms with E-state index >= 15 is 0 Å². The van der Waals surface area contributed by atoms with Gasteiger partial charge in [0.05, 0.1) is 19.8 Å². The van der Waals surface area contributed by atoms with Crippen LogP contribution in [0.1, 0.15) is 6.23 Å². The van der Waals surface area contributed by atoms with Crippen LogP contribution in [0.3, 0.4) is 0 Å². The number of hydrogen-bond acceptors (Lipinski definition) is 16. The highest BCUT2D eigenvalue weighted by molar-refractivity contribution is 7.61. The molecule has 3 rings (SSSR count). The zero-order valence-electron chi connectivity index (χ0n) is 20.1. The number of phosphoric acid groups is 2. The molecule has 11 N–H and O–H groups in total. The number of aliphatic hydroxyl groups is 5. The summed E-state index contributed by atoms with van der Waals surface area (Å²) in [6.45, 7) is -2.59. The van der Waals surface area contributed by atoms with Crippen molar-refractivity contribution < 1.29 is 72.1 Å². The number of nitrogens with zero attached hydrogens (tertiary/aromatic N) is 1. The monoisotopic (exact) mass is 622 g/mol. The van der Waals surface area contributed by atoms with Crippen LogP contribution < -0.4 is 22.3 Å². The predicted molar refractivity (Wildman–Crippen MR) is 124 cm³/mol. The summed E-state index contributed by atoms with van der Waals surface area (Å²) in [6, 6.07) is -0.846. The van der Waals surface area contributed by atoms with Crippen LogP contribution in [0.15, 0.2) is 21.9 Å². The SMILES string of the molecule is NCC(=O)NC1C(OP(=O)(O)OP(=O)(O)OCC2OC(n3ccc(=O)[nH]c3=O)C(O)C2O)OC(CO)C(O)C1O. The zero-order valence-corrected chi connectivity index (χ0v) is 21.9. The van der Waals surface area contributed by atoms with E-state index in [4.69, 9.17) is 15.2 Å². The Morgan fingerprint density at radius 2 is 1.70 bits per heavy atom. The van der Waals surface area contributed by atoms with Crippen LogP contribution in [0.2, 0.25) is 0 Å². The normalized spacial score (nSPS) is 35.5. The fraction of sp³-hybridized carbons (Fsp3) is 0.706. The molecule has 2 fully saturated rings. The van der Waals surface area contributed by atoms with Gasteiger partial charge in [-0.3, -0.25) is 28.2 Å². The Bertz CT molecular complexity index is 1260. The number of aliphatic hydroxyl groups excluding tert-OH is 5. The van der Waals surface area contributed by atoms with Crippen molar-refractivity contribution in [3.63, 3.8) is 0 Å². The number of aromatic nitrogens is 2. The lowest BCUT2D eigenvalue weighted by Crippen LogP contribution is -2.65. The first-order valence-electron chi connectivity index (χ1n) is 11.2. The summed E-state index contributed by atoms with van der Waals surface area (Å²) in [7, 11) is -11.2. The van der Waals surface area contributed by atoms with Gasteiger partial charge in [0.25, 0.3) is 5.56 Å². The lowest BCUT2D eigenvalue weighted by atomic mass is 9.97. The van der Waals surface area contributed by atoms with E-state index in [2.05, 4.69) is 18.7 Å². The predicted octanol–water partition coefficient (Wildman–Crippen LogP) is -5.71. The van der Waals surface area contributed by atoms with Gasteiger partial charge in [-0.05, 0) is 0 Å². The molecule has 0 saturated carbocycles. The Hall–Kier alpha value is -1.91. The summed E-state index contributed by atoms with van der Waals surface area (Å²) in [5.74, 6) is -0.930. The maximum atomic E-state index is 12.5. The molecule has 1 aromatic rings. The van der Waals surface area contributed by atoms with Crippen LogP contribution in [0.4, 0.5) is 0 Å². The van der Waals surface area contributed by atoms with Gasteiger partial charge >= 0.3 is 21.3 Å². The lowest BCUT2D eigenvalue weighted by Gasteiger charge is -2.42. The quantitative estimate of drug-likeness (QED) is 0.103. The minimum absolute atomic E-state index is 0.621. The van der Waals surface area contributed by atoms with Crippen LogP contribution in [-0.2, 0) is 36.8 Å². The van der Waals surface area contributed by atoms with Crippen molar-refractivity contribution in [1.29, 1.82) is 0 Å². The molecule has 3 heterocycles. The topological polar surface area (TPSA) is 332 Å². The molecule has 0 radical (unpaired) electrons. The van der Waals surface area contributed by atoms with E-state index in [0.29, 0.717) is 0 Å². The Morgan fingerprint density at radius 3 is 2.30 bits per heavy atom. The van der Waals surface area contributed by atoms with Gasteiger partial charge in [-0.25, -0.2) is 13.9 Å². The van der Waals surface area contributed by atoms with Gasteiger partial charge in [0.15, 0.2) is 12.5 Å². The molecule has 11 unspecified atom stereocenters. The summed E-state index contributed by atoms with van der Waals surface area (Å²) >= 11 is 0. The standard InChI is InChI=1S/C17H28N4O17P2/c18-3-9(24)19-10-13(27)11(25)6(4-22)36-16(10)37-40(32,33)38-39(30,31)34-5-7-12(26)14(28)15(35-7)21-2-1-8(23)20-17(21)29/h1-2,6-7,10-16,22,25-28H,3-5,18H2,(H,19,24)(H,30,31)(H,32,33)(H,20,23,29). The Kier molecular flexibility index (Phi) is 10.6. The molecule has 0 aromatic carbocycles. The van der Waals surface area contributed by atoms with Gasteiger partial charge < -0.3 is 55.8 Å². The van der Waals surface area contributed by atoms with Crippen molar-refractivity contribution in [3.8, 4) is 0 Å². The summed E-state index contributed by atoms with van der Waals surface area (Å²) in [5, 5.41) is 52.0. The molecule has 11 atom stereocenters. The molecule has 23 heteroatoms. The van der Waals surface area contributed by atoms with Crippen molar-refractivity contribution in [3.05, 3.63) is 33.1 Å².